The molecule has 0 bridgehead atoms. The van der Waals surface area contributed by atoms with Crippen LogP contribution in [0.25, 0.3) is 0 Å². The van der Waals surface area contributed by atoms with Gasteiger partial charge in [-0.25, -0.2) is 4.98 Å². The van der Waals surface area contributed by atoms with Crippen LogP contribution in [0.3, 0.4) is 0 Å². The number of rotatable bonds is 4. The van der Waals surface area contributed by atoms with Crippen LogP contribution in [0, 0.1) is 6.92 Å². The molecule has 1 fully saturated rings. The maximum absolute atomic E-state index is 5.88. The van der Waals surface area contributed by atoms with Crippen molar-refractivity contribution in [3.05, 3.63) is 17.3 Å². The lowest BCUT2D eigenvalue weighted by Gasteiger charge is -2.17. The summed E-state index contributed by atoms with van der Waals surface area (Å²) < 4.78 is 5.88. The number of nitrogens with two attached hydrogens (primary N) is 1. The van der Waals surface area contributed by atoms with Crippen molar-refractivity contribution in [2.75, 3.05) is 18.1 Å². The molecule has 1 aromatic rings. The summed E-state index contributed by atoms with van der Waals surface area (Å²) in [6, 6.07) is 0. The predicted molar refractivity (Wildman–Crippen MR) is 67.9 cm³/mol. The van der Waals surface area contributed by atoms with Crippen molar-refractivity contribution in [1.29, 1.82) is 0 Å². The van der Waals surface area contributed by atoms with Crippen LogP contribution in [0.5, 0.6) is 0 Å². The molecule has 4 heteroatoms. The van der Waals surface area contributed by atoms with Crippen LogP contribution in [0.4, 0.5) is 0 Å². The number of oxazole rings is 1. The summed E-state index contributed by atoms with van der Waals surface area (Å²) in [5.41, 5.74) is 6.57. The first-order valence-corrected chi connectivity index (χ1v) is 7.20. The molecule has 1 saturated heterocycles. The van der Waals surface area contributed by atoms with Gasteiger partial charge in [0.05, 0.1) is 5.69 Å². The summed E-state index contributed by atoms with van der Waals surface area (Å²) in [4.78, 5) is 4.57. The van der Waals surface area contributed by atoms with Gasteiger partial charge in [-0.15, -0.1) is 0 Å². The third kappa shape index (κ3) is 2.80. The zero-order chi connectivity index (χ0) is 11.4. The second-order valence-electron chi connectivity index (χ2n) is 4.37. The van der Waals surface area contributed by atoms with Gasteiger partial charge in [0.25, 0.3) is 0 Å². The summed E-state index contributed by atoms with van der Waals surface area (Å²) in [5, 5.41) is 0. The van der Waals surface area contributed by atoms with Gasteiger partial charge in [-0.05, 0) is 38.5 Å². The lowest BCUT2D eigenvalue weighted by Crippen LogP contribution is -2.08. The first kappa shape index (κ1) is 12.0. The quantitative estimate of drug-likeness (QED) is 0.878. The molecule has 0 aromatic carbocycles. The predicted octanol–water partition coefficient (Wildman–Crippen LogP) is 2.48. The minimum absolute atomic E-state index is 0.532. The van der Waals surface area contributed by atoms with Gasteiger partial charge < -0.3 is 10.2 Å². The Bertz CT molecular complexity index is 332. The maximum Gasteiger partial charge on any atom is 0.198 e. The van der Waals surface area contributed by atoms with Crippen molar-refractivity contribution in [2.24, 2.45) is 5.73 Å². The van der Waals surface area contributed by atoms with Crippen molar-refractivity contribution in [2.45, 2.75) is 38.5 Å². The molecule has 2 heterocycles. The fourth-order valence-electron chi connectivity index (χ4n) is 2.06. The molecule has 0 aliphatic carbocycles. The number of nitrogens with zero attached hydrogens (tertiary/aromatic N) is 1. The summed E-state index contributed by atoms with van der Waals surface area (Å²) in [5.74, 6) is 4.98. The molecule has 1 unspecified atom stereocenters. The first-order valence-electron chi connectivity index (χ1n) is 6.05. The van der Waals surface area contributed by atoms with Crippen LogP contribution in [0.2, 0.25) is 0 Å². The molecule has 2 N–H and O–H groups in total. The Kier molecular flexibility index (Phi) is 4.29. The molecular weight excluding hydrogens is 220 g/mol. The molecular formula is C12H20N2OS. The van der Waals surface area contributed by atoms with Crippen LogP contribution < -0.4 is 5.73 Å². The van der Waals surface area contributed by atoms with Crippen molar-refractivity contribution in [3.63, 3.8) is 0 Å². The van der Waals surface area contributed by atoms with E-state index in [0.29, 0.717) is 5.92 Å². The van der Waals surface area contributed by atoms with Crippen LogP contribution in [-0.4, -0.2) is 23.0 Å². The Hall–Kier alpha value is -0.480. The van der Waals surface area contributed by atoms with Crippen molar-refractivity contribution in [3.8, 4) is 0 Å². The van der Waals surface area contributed by atoms with Gasteiger partial charge in [-0.3, -0.25) is 0 Å². The summed E-state index contributed by atoms with van der Waals surface area (Å²) >= 11 is 2.01. The topological polar surface area (TPSA) is 52.0 Å². The minimum atomic E-state index is 0.532. The molecule has 0 spiro atoms. The molecule has 16 heavy (non-hydrogen) atoms. The zero-order valence-electron chi connectivity index (χ0n) is 9.87. The van der Waals surface area contributed by atoms with Gasteiger partial charge >= 0.3 is 0 Å². The fourth-order valence-corrected chi connectivity index (χ4v) is 3.19. The van der Waals surface area contributed by atoms with E-state index in [9.17, 15) is 0 Å². The lowest BCUT2D eigenvalue weighted by atomic mass is 10.1. The number of aryl methyl sites for hydroxylation is 2. The van der Waals surface area contributed by atoms with E-state index in [2.05, 4.69) is 4.98 Å². The fraction of sp³-hybridized carbons (Fsp3) is 0.750. The Morgan fingerprint density at radius 1 is 1.56 bits per heavy atom. The largest absolute Gasteiger partial charge is 0.445 e. The van der Waals surface area contributed by atoms with E-state index in [1.807, 2.05) is 18.7 Å². The van der Waals surface area contributed by atoms with Crippen molar-refractivity contribution in [1.82, 2.24) is 4.98 Å². The summed E-state index contributed by atoms with van der Waals surface area (Å²) in [6.45, 7) is 2.75. The van der Waals surface area contributed by atoms with E-state index in [0.717, 1.165) is 42.5 Å². The average molecular weight is 240 g/mol. The second-order valence-corrected chi connectivity index (χ2v) is 5.52. The summed E-state index contributed by atoms with van der Waals surface area (Å²) in [6.07, 6.45) is 4.42. The number of thioether (sulfide) groups is 1. The SMILES string of the molecule is Cc1nc(C2CCCSC2)oc1CCCN. The van der Waals surface area contributed by atoms with Gasteiger partial charge in [0.2, 0.25) is 0 Å². The number of aromatic nitrogens is 1. The summed E-state index contributed by atoms with van der Waals surface area (Å²) in [7, 11) is 0. The van der Waals surface area contributed by atoms with E-state index in [4.69, 9.17) is 10.2 Å². The van der Waals surface area contributed by atoms with E-state index in [1.165, 1.54) is 18.6 Å². The van der Waals surface area contributed by atoms with Gasteiger partial charge in [-0.1, -0.05) is 0 Å². The Morgan fingerprint density at radius 2 is 2.44 bits per heavy atom. The molecule has 0 saturated carbocycles. The van der Waals surface area contributed by atoms with Crippen molar-refractivity contribution >= 4 is 11.8 Å². The van der Waals surface area contributed by atoms with Gasteiger partial charge in [0, 0.05) is 18.1 Å². The highest BCUT2D eigenvalue weighted by Gasteiger charge is 2.21. The molecule has 0 radical (unpaired) electrons. The molecule has 0 amide bonds. The lowest BCUT2D eigenvalue weighted by molar-refractivity contribution is 0.413. The minimum Gasteiger partial charge on any atom is -0.445 e. The number of hydrogen-bond acceptors (Lipinski definition) is 4. The standard InChI is InChI=1S/C12H20N2OS/c1-9-11(5-2-6-13)15-12(14-9)10-4-3-7-16-8-10/h10H,2-8,13H2,1H3. The highest BCUT2D eigenvalue weighted by atomic mass is 32.2. The molecule has 1 atom stereocenters. The normalized spacial score (nSPS) is 21.2. The van der Waals surface area contributed by atoms with E-state index < -0.39 is 0 Å². The highest BCUT2D eigenvalue weighted by Crippen LogP contribution is 2.31. The average Bonchev–Trinajstić information content (AvgIpc) is 2.69. The van der Waals surface area contributed by atoms with E-state index in [1.54, 1.807) is 0 Å². The van der Waals surface area contributed by atoms with Crippen molar-refractivity contribution < 1.29 is 4.42 Å². The third-order valence-electron chi connectivity index (χ3n) is 3.03. The van der Waals surface area contributed by atoms with E-state index in [-0.39, 0.29) is 0 Å². The van der Waals surface area contributed by atoms with Gasteiger partial charge in [-0.2, -0.15) is 11.8 Å². The van der Waals surface area contributed by atoms with Crippen LogP contribution >= 0.6 is 11.8 Å². The number of hydrogen-bond donors (Lipinski definition) is 1. The molecule has 90 valence electrons. The Morgan fingerprint density at radius 3 is 3.12 bits per heavy atom. The Balaban J connectivity index is 2.03. The molecule has 2 rings (SSSR count). The monoisotopic (exact) mass is 240 g/mol. The Labute approximate surface area is 101 Å². The van der Waals surface area contributed by atoms with Gasteiger partial charge in [0.15, 0.2) is 5.89 Å². The molecule has 1 aliphatic rings. The van der Waals surface area contributed by atoms with Crippen LogP contribution in [0.1, 0.15) is 42.5 Å². The molecule has 1 aromatic heterocycles. The molecule has 1 aliphatic heterocycles. The maximum atomic E-state index is 5.88. The van der Waals surface area contributed by atoms with Gasteiger partial charge in [0.1, 0.15) is 5.76 Å². The smallest absolute Gasteiger partial charge is 0.198 e. The van der Waals surface area contributed by atoms with Crippen LogP contribution in [-0.2, 0) is 6.42 Å². The third-order valence-corrected chi connectivity index (χ3v) is 4.24. The first-order chi connectivity index (χ1) is 7.81. The second kappa shape index (κ2) is 5.73. The van der Waals surface area contributed by atoms with Crippen LogP contribution in [0.15, 0.2) is 4.42 Å². The van der Waals surface area contributed by atoms with E-state index >= 15 is 0 Å². The molecule has 3 nitrogen and oxygen atoms in total. The highest BCUT2D eigenvalue weighted by molar-refractivity contribution is 7.99. The zero-order valence-corrected chi connectivity index (χ0v) is 10.7.